The fraction of sp³-hybridized carbons (Fsp3) is 0.182. The number of piperazine rings is 1. The average Bonchev–Trinajstić information content (AvgIpc) is 3.70. The van der Waals surface area contributed by atoms with Crippen molar-refractivity contribution >= 4 is 28.5 Å². The van der Waals surface area contributed by atoms with E-state index in [0.717, 1.165) is 11.9 Å². The van der Waals surface area contributed by atoms with E-state index in [-0.39, 0.29) is 35.4 Å². The fourth-order valence-corrected chi connectivity index (χ4v) is 4.25. The third-order valence-electron chi connectivity index (χ3n) is 6.02. The molecule has 1 amide bonds. The summed E-state index contributed by atoms with van der Waals surface area (Å²) in [4.78, 5) is 36.5. The molecule has 4 aromatic heterocycles. The van der Waals surface area contributed by atoms with E-state index in [1.807, 2.05) is 35.2 Å². The number of benzene rings is 1. The van der Waals surface area contributed by atoms with Crippen LogP contribution in [0.2, 0.25) is 0 Å². The van der Waals surface area contributed by atoms with Crippen LogP contribution in [-0.4, -0.2) is 87.9 Å². The summed E-state index contributed by atoms with van der Waals surface area (Å²) < 4.78 is 17.7. The smallest absolute Gasteiger partial charge is 0.295 e. The number of para-hydroxylation sites is 1. The van der Waals surface area contributed by atoms with Crippen molar-refractivity contribution in [3.05, 3.63) is 66.5 Å². The number of H-pyrrole nitrogens is 1. The van der Waals surface area contributed by atoms with Crippen LogP contribution in [0.5, 0.6) is 0 Å². The van der Waals surface area contributed by atoms with E-state index in [1.165, 1.54) is 22.0 Å². The Hall–Kier alpha value is -5.01. The number of ketones is 1. The van der Waals surface area contributed by atoms with E-state index in [0.29, 0.717) is 19.0 Å². The number of rotatable bonds is 5. The Bertz CT molecular complexity index is 1550. The van der Waals surface area contributed by atoms with Crippen LogP contribution in [0.25, 0.3) is 22.4 Å². The maximum Gasteiger partial charge on any atom is 0.295 e. The molecule has 1 aliphatic rings. The van der Waals surface area contributed by atoms with Gasteiger partial charge in [0.2, 0.25) is 5.95 Å². The van der Waals surface area contributed by atoms with Crippen molar-refractivity contribution in [3.8, 4) is 11.5 Å². The Morgan fingerprint density at radius 1 is 1.03 bits per heavy atom. The van der Waals surface area contributed by atoms with E-state index in [9.17, 15) is 14.0 Å². The van der Waals surface area contributed by atoms with Gasteiger partial charge in [0, 0.05) is 32.4 Å². The van der Waals surface area contributed by atoms with Crippen molar-refractivity contribution in [2.75, 3.05) is 31.1 Å². The van der Waals surface area contributed by atoms with E-state index in [4.69, 9.17) is 0 Å². The molecule has 0 radical (unpaired) electrons. The topological polar surface area (TPSA) is 144 Å². The summed E-state index contributed by atoms with van der Waals surface area (Å²) in [6.45, 7) is 1.41. The number of amides is 1. The second kappa shape index (κ2) is 8.65. The maximum absolute atomic E-state index is 14.7. The molecule has 1 saturated heterocycles. The molecule has 0 atom stereocenters. The van der Waals surface area contributed by atoms with Crippen LogP contribution in [0, 0.1) is 5.82 Å². The molecule has 0 bridgehead atoms. The minimum atomic E-state index is -0.807. The van der Waals surface area contributed by atoms with Gasteiger partial charge in [0.15, 0.2) is 11.6 Å². The molecule has 1 aromatic carbocycles. The van der Waals surface area contributed by atoms with Gasteiger partial charge in [-0.25, -0.2) is 14.1 Å². The molecular weight excluding hydrogens is 469 g/mol. The Balaban J connectivity index is 1.21. The van der Waals surface area contributed by atoms with Gasteiger partial charge in [-0.2, -0.15) is 4.68 Å². The summed E-state index contributed by atoms with van der Waals surface area (Å²) in [5.41, 5.74) is 0.994. The highest BCUT2D eigenvalue weighted by molar-refractivity contribution is 6.45. The lowest BCUT2D eigenvalue weighted by atomic mass is 10.1. The third kappa shape index (κ3) is 3.55. The molecule has 0 aliphatic carbocycles. The quantitative estimate of drug-likeness (QED) is 0.281. The number of nitrogens with one attached hydrogen (secondary N) is 1. The molecule has 1 aliphatic heterocycles. The monoisotopic (exact) mass is 487 g/mol. The van der Waals surface area contributed by atoms with Crippen molar-refractivity contribution < 1.29 is 14.0 Å². The summed E-state index contributed by atoms with van der Waals surface area (Å²) in [5, 5.41) is 19.6. The Labute approximate surface area is 202 Å². The van der Waals surface area contributed by atoms with Crippen LogP contribution >= 0.6 is 0 Å². The lowest BCUT2D eigenvalue weighted by Gasteiger charge is -2.34. The molecular formula is C22H18FN11O2. The molecule has 6 rings (SSSR count). The number of tetrazole rings is 1. The number of carbonyl (C=O) groups excluding carboxylic acids is 2. The molecule has 14 heteroatoms. The summed E-state index contributed by atoms with van der Waals surface area (Å²) >= 11 is 0. The number of aromatic nitrogens is 9. The molecule has 0 unspecified atom stereocenters. The van der Waals surface area contributed by atoms with Gasteiger partial charge in [-0.15, -0.1) is 5.10 Å². The summed E-state index contributed by atoms with van der Waals surface area (Å²) in [5.74, 6) is -1.43. The van der Waals surface area contributed by atoms with Crippen LogP contribution in [0.4, 0.5) is 10.3 Å². The number of aromatic amines is 1. The predicted molar refractivity (Wildman–Crippen MR) is 123 cm³/mol. The van der Waals surface area contributed by atoms with Crippen LogP contribution in [0.15, 0.2) is 55.1 Å². The van der Waals surface area contributed by atoms with Gasteiger partial charge < -0.3 is 14.8 Å². The first kappa shape index (κ1) is 21.5. The Kier molecular flexibility index (Phi) is 5.17. The van der Waals surface area contributed by atoms with Crippen LogP contribution in [0.3, 0.4) is 0 Å². The maximum atomic E-state index is 14.7. The van der Waals surface area contributed by atoms with Crippen molar-refractivity contribution in [1.29, 1.82) is 0 Å². The van der Waals surface area contributed by atoms with Gasteiger partial charge in [-0.05, 0) is 22.6 Å². The SMILES string of the molecule is O=C(C(=O)N1CCN(c2nnnn2-c2ccccc2)CC1)c1c[nH]c2c(-n3ccnn3)ncc(F)c12. The highest BCUT2D eigenvalue weighted by atomic mass is 19.1. The molecule has 0 spiro atoms. The minimum Gasteiger partial charge on any atom is -0.357 e. The van der Waals surface area contributed by atoms with E-state index in [2.05, 4.69) is 35.8 Å². The standard InChI is InChI=1S/C22H18FN11O2/c23-16-13-25-20(33-7-6-26-29-33)18-17(16)15(12-24-18)19(35)21(36)31-8-10-32(11-9-31)22-27-28-30-34(22)14-4-2-1-3-5-14/h1-7,12-13,24H,8-11H2. The highest BCUT2D eigenvalue weighted by Crippen LogP contribution is 2.26. The van der Waals surface area contributed by atoms with Crippen molar-refractivity contribution in [2.45, 2.75) is 0 Å². The van der Waals surface area contributed by atoms with Crippen LogP contribution in [0.1, 0.15) is 10.4 Å². The van der Waals surface area contributed by atoms with Gasteiger partial charge in [-0.1, -0.05) is 28.5 Å². The number of hydrogen-bond donors (Lipinski definition) is 1. The number of fused-ring (bicyclic) bond motifs is 1. The van der Waals surface area contributed by atoms with Gasteiger partial charge in [0.1, 0.15) is 0 Å². The Morgan fingerprint density at radius 2 is 1.83 bits per heavy atom. The average molecular weight is 487 g/mol. The zero-order valence-electron chi connectivity index (χ0n) is 18.7. The zero-order valence-corrected chi connectivity index (χ0v) is 18.7. The predicted octanol–water partition coefficient (Wildman–Crippen LogP) is 0.790. The first-order valence-corrected chi connectivity index (χ1v) is 11.1. The van der Waals surface area contributed by atoms with Crippen molar-refractivity contribution in [3.63, 3.8) is 0 Å². The van der Waals surface area contributed by atoms with E-state index < -0.39 is 17.5 Å². The number of anilines is 1. The van der Waals surface area contributed by atoms with Crippen molar-refractivity contribution in [1.82, 2.24) is 50.1 Å². The molecule has 180 valence electrons. The molecule has 5 aromatic rings. The molecule has 13 nitrogen and oxygen atoms in total. The Morgan fingerprint density at radius 3 is 2.58 bits per heavy atom. The fourth-order valence-electron chi connectivity index (χ4n) is 4.25. The molecule has 36 heavy (non-hydrogen) atoms. The largest absolute Gasteiger partial charge is 0.357 e. The molecule has 5 heterocycles. The van der Waals surface area contributed by atoms with Gasteiger partial charge in [0.05, 0.1) is 40.7 Å². The van der Waals surface area contributed by atoms with Crippen LogP contribution < -0.4 is 4.90 Å². The summed E-state index contributed by atoms with van der Waals surface area (Å²) in [7, 11) is 0. The second-order valence-electron chi connectivity index (χ2n) is 8.06. The minimum absolute atomic E-state index is 0.0190. The first-order valence-electron chi connectivity index (χ1n) is 11.1. The van der Waals surface area contributed by atoms with E-state index in [1.54, 1.807) is 10.9 Å². The number of halogens is 1. The number of hydrogen-bond acceptors (Lipinski definition) is 9. The van der Waals surface area contributed by atoms with Gasteiger partial charge >= 0.3 is 0 Å². The molecule has 0 saturated carbocycles. The lowest BCUT2D eigenvalue weighted by Crippen LogP contribution is -2.51. The number of Topliss-reactive ketones (excluding diaryl/α,β-unsaturated/α-hetero) is 1. The van der Waals surface area contributed by atoms with Gasteiger partial charge in [-0.3, -0.25) is 9.59 Å². The summed E-state index contributed by atoms with van der Waals surface area (Å²) in [6.07, 6.45) is 5.30. The normalized spacial score (nSPS) is 13.9. The summed E-state index contributed by atoms with van der Waals surface area (Å²) in [6, 6.07) is 9.47. The van der Waals surface area contributed by atoms with Gasteiger partial charge in [0.25, 0.3) is 11.7 Å². The third-order valence-corrected chi connectivity index (χ3v) is 6.02. The second-order valence-corrected chi connectivity index (χ2v) is 8.06. The molecule has 1 fully saturated rings. The number of pyridine rings is 1. The lowest BCUT2D eigenvalue weighted by molar-refractivity contribution is -0.126. The number of carbonyl (C=O) groups is 2. The first-order chi connectivity index (χ1) is 17.6. The van der Waals surface area contributed by atoms with Crippen LogP contribution in [-0.2, 0) is 4.79 Å². The highest BCUT2D eigenvalue weighted by Gasteiger charge is 2.31. The zero-order chi connectivity index (χ0) is 24.6. The van der Waals surface area contributed by atoms with Crippen molar-refractivity contribution in [2.24, 2.45) is 0 Å². The number of nitrogens with zero attached hydrogens (tertiary/aromatic N) is 10. The molecule has 1 N–H and O–H groups in total. The van der Waals surface area contributed by atoms with E-state index >= 15 is 0 Å².